The number of hydrogen-bond donors (Lipinski definition) is 2. The van der Waals surface area contributed by atoms with E-state index in [0.717, 1.165) is 57.8 Å². The maximum atomic E-state index is 11.1. The molecule has 2 unspecified atom stereocenters. The molecule has 0 rings (SSSR count). The van der Waals surface area contributed by atoms with Crippen LogP contribution in [0.3, 0.4) is 0 Å². The van der Waals surface area contributed by atoms with Crippen LogP contribution in [0.15, 0.2) is 0 Å². The van der Waals surface area contributed by atoms with E-state index in [-0.39, 0.29) is 12.0 Å². The first-order valence-corrected chi connectivity index (χ1v) is 11.2. The molecule has 4 N–H and O–H groups in total. The van der Waals surface area contributed by atoms with Crippen molar-refractivity contribution in [3.8, 4) is 0 Å². The maximum absolute atomic E-state index is 11.1. The summed E-state index contributed by atoms with van der Waals surface area (Å²) in [6, 6.07) is 0. The van der Waals surface area contributed by atoms with Crippen molar-refractivity contribution in [2.24, 2.45) is 17.4 Å². The molecule has 5 nitrogen and oxygen atoms in total. The Morgan fingerprint density at radius 2 is 1.22 bits per heavy atom. The molecular formula is C22H44N2O3. The Hall–Kier alpha value is -1.26. The molecule has 0 saturated carbocycles. The number of unbranched alkanes of at least 4 members (excludes halogenated alkanes) is 7. The van der Waals surface area contributed by atoms with Crippen LogP contribution in [0.25, 0.3) is 0 Å². The summed E-state index contributed by atoms with van der Waals surface area (Å²) in [6.45, 7) is 4.37. The second kappa shape index (κ2) is 18.1. The van der Waals surface area contributed by atoms with Crippen LogP contribution in [-0.2, 0) is 9.53 Å². The minimum Gasteiger partial charge on any atom is -0.446 e. The van der Waals surface area contributed by atoms with Crippen molar-refractivity contribution in [3.63, 3.8) is 0 Å². The van der Waals surface area contributed by atoms with Gasteiger partial charge >= 0.3 is 6.09 Å². The summed E-state index contributed by atoms with van der Waals surface area (Å²) in [5.41, 5.74) is 10.5. The van der Waals surface area contributed by atoms with E-state index in [9.17, 15) is 9.59 Å². The number of primary amides is 2. The van der Waals surface area contributed by atoms with Crippen molar-refractivity contribution < 1.29 is 14.3 Å². The lowest BCUT2D eigenvalue weighted by atomic mass is 9.90. The smallest absolute Gasteiger partial charge is 0.404 e. The second-order valence-corrected chi connectivity index (χ2v) is 7.91. The molecule has 5 heteroatoms. The van der Waals surface area contributed by atoms with Gasteiger partial charge in [-0.3, -0.25) is 4.79 Å². The molecule has 0 radical (unpaired) electrons. The first-order valence-electron chi connectivity index (χ1n) is 11.2. The Bertz CT molecular complexity index is 375. The standard InChI is InChI=1S/C22H44N2O3/c1-3-5-7-8-10-13-19(17-18-21(23)25)14-11-9-12-16-20(15-6-4-2)27-22(24)26/h19-20H,3-18H2,1-2H3,(H2,23,25)(H2,24,26). The maximum Gasteiger partial charge on any atom is 0.404 e. The van der Waals surface area contributed by atoms with Gasteiger partial charge in [0, 0.05) is 6.42 Å². The van der Waals surface area contributed by atoms with E-state index < -0.39 is 6.09 Å². The summed E-state index contributed by atoms with van der Waals surface area (Å²) in [5.74, 6) is 0.422. The summed E-state index contributed by atoms with van der Waals surface area (Å²) in [5, 5.41) is 0. The fourth-order valence-electron chi connectivity index (χ4n) is 3.66. The van der Waals surface area contributed by atoms with Gasteiger partial charge in [-0.25, -0.2) is 4.79 Å². The first kappa shape index (κ1) is 25.7. The number of carbonyl (C=O) groups excluding carboxylic acids is 2. The van der Waals surface area contributed by atoms with Crippen molar-refractivity contribution in [2.75, 3.05) is 0 Å². The molecule has 0 aliphatic heterocycles. The number of amides is 2. The minimum absolute atomic E-state index is 0.0355. The van der Waals surface area contributed by atoms with E-state index >= 15 is 0 Å². The van der Waals surface area contributed by atoms with E-state index in [1.807, 2.05) is 0 Å². The van der Waals surface area contributed by atoms with Crippen LogP contribution in [0.2, 0.25) is 0 Å². The van der Waals surface area contributed by atoms with Crippen LogP contribution in [0.5, 0.6) is 0 Å². The third-order valence-electron chi connectivity index (χ3n) is 5.32. The lowest BCUT2D eigenvalue weighted by Crippen LogP contribution is -2.22. The monoisotopic (exact) mass is 384 g/mol. The van der Waals surface area contributed by atoms with Crippen LogP contribution < -0.4 is 11.5 Å². The summed E-state index contributed by atoms with van der Waals surface area (Å²) >= 11 is 0. The quantitative estimate of drug-likeness (QED) is 0.274. The summed E-state index contributed by atoms with van der Waals surface area (Å²) in [6.07, 6.45) is 16.9. The third-order valence-corrected chi connectivity index (χ3v) is 5.32. The van der Waals surface area contributed by atoms with Crippen molar-refractivity contribution in [1.29, 1.82) is 0 Å². The Balaban J connectivity index is 4.05. The molecule has 0 saturated heterocycles. The highest BCUT2D eigenvalue weighted by atomic mass is 16.6. The fourth-order valence-corrected chi connectivity index (χ4v) is 3.66. The molecule has 0 aliphatic rings. The van der Waals surface area contributed by atoms with Gasteiger partial charge in [-0.15, -0.1) is 0 Å². The van der Waals surface area contributed by atoms with Gasteiger partial charge in [0.1, 0.15) is 6.10 Å². The van der Waals surface area contributed by atoms with Gasteiger partial charge in [0.2, 0.25) is 5.91 Å². The molecule has 0 spiro atoms. The molecule has 0 aromatic rings. The van der Waals surface area contributed by atoms with Crippen molar-refractivity contribution >= 4 is 12.0 Å². The van der Waals surface area contributed by atoms with E-state index in [1.54, 1.807) is 0 Å². The van der Waals surface area contributed by atoms with Gasteiger partial charge in [0.15, 0.2) is 0 Å². The van der Waals surface area contributed by atoms with Crippen molar-refractivity contribution in [1.82, 2.24) is 0 Å². The molecule has 0 aliphatic carbocycles. The van der Waals surface area contributed by atoms with Crippen LogP contribution in [0.4, 0.5) is 4.79 Å². The fraction of sp³-hybridized carbons (Fsp3) is 0.909. The first-order chi connectivity index (χ1) is 13.0. The third kappa shape index (κ3) is 17.9. The zero-order valence-corrected chi connectivity index (χ0v) is 17.8. The van der Waals surface area contributed by atoms with Gasteiger partial charge < -0.3 is 16.2 Å². The van der Waals surface area contributed by atoms with Crippen LogP contribution in [0.1, 0.15) is 117 Å². The zero-order chi connectivity index (χ0) is 20.3. The SMILES string of the molecule is CCCCCCCC(CCCCCC(CCCC)OC(N)=O)CCC(N)=O. The second-order valence-electron chi connectivity index (χ2n) is 7.91. The highest BCUT2D eigenvalue weighted by molar-refractivity contribution is 5.73. The van der Waals surface area contributed by atoms with E-state index in [0.29, 0.717) is 12.3 Å². The summed E-state index contributed by atoms with van der Waals surface area (Å²) in [7, 11) is 0. The molecule has 0 bridgehead atoms. The topological polar surface area (TPSA) is 95.4 Å². The largest absolute Gasteiger partial charge is 0.446 e. The number of rotatable bonds is 19. The lowest BCUT2D eigenvalue weighted by Gasteiger charge is -2.18. The number of ether oxygens (including phenoxy) is 1. The average Bonchev–Trinajstić information content (AvgIpc) is 2.62. The number of carbonyl (C=O) groups is 2. The van der Waals surface area contributed by atoms with Gasteiger partial charge in [-0.1, -0.05) is 84.5 Å². The van der Waals surface area contributed by atoms with Crippen molar-refractivity contribution in [2.45, 2.75) is 123 Å². The minimum atomic E-state index is -0.661. The van der Waals surface area contributed by atoms with E-state index in [4.69, 9.17) is 16.2 Å². The highest BCUT2D eigenvalue weighted by Crippen LogP contribution is 2.23. The van der Waals surface area contributed by atoms with Gasteiger partial charge in [0.25, 0.3) is 0 Å². The zero-order valence-electron chi connectivity index (χ0n) is 17.8. The Morgan fingerprint density at radius 1 is 0.704 bits per heavy atom. The summed E-state index contributed by atoms with van der Waals surface area (Å²) < 4.78 is 5.22. The van der Waals surface area contributed by atoms with Crippen LogP contribution >= 0.6 is 0 Å². The Kier molecular flexibility index (Phi) is 17.3. The number of nitrogens with two attached hydrogens (primary N) is 2. The molecule has 0 aromatic carbocycles. The summed E-state index contributed by atoms with van der Waals surface area (Å²) in [4.78, 5) is 22.1. The van der Waals surface area contributed by atoms with Gasteiger partial charge in [-0.2, -0.15) is 0 Å². The van der Waals surface area contributed by atoms with Crippen LogP contribution in [-0.4, -0.2) is 18.1 Å². The highest BCUT2D eigenvalue weighted by Gasteiger charge is 2.13. The molecule has 2 amide bonds. The lowest BCUT2D eigenvalue weighted by molar-refractivity contribution is -0.118. The van der Waals surface area contributed by atoms with Crippen molar-refractivity contribution in [3.05, 3.63) is 0 Å². The molecular weight excluding hydrogens is 340 g/mol. The van der Waals surface area contributed by atoms with Crippen LogP contribution in [0, 0.1) is 5.92 Å². The van der Waals surface area contributed by atoms with E-state index in [1.165, 1.54) is 38.5 Å². The van der Waals surface area contributed by atoms with Gasteiger partial charge in [0.05, 0.1) is 0 Å². The normalized spacial score (nSPS) is 13.3. The predicted octanol–water partition coefficient (Wildman–Crippen LogP) is 5.83. The average molecular weight is 385 g/mol. The Morgan fingerprint density at radius 3 is 1.78 bits per heavy atom. The molecule has 0 aromatic heterocycles. The molecule has 0 fully saturated rings. The predicted molar refractivity (Wildman–Crippen MR) is 112 cm³/mol. The molecule has 160 valence electrons. The molecule has 27 heavy (non-hydrogen) atoms. The molecule has 0 heterocycles. The number of hydrogen-bond acceptors (Lipinski definition) is 3. The molecule has 2 atom stereocenters. The van der Waals surface area contributed by atoms with Gasteiger partial charge in [-0.05, 0) is 31.6 Å². The Labute approximate surface area is 167 Å². The van der Waals surface area contributed by atoms with E-state index in [2.05, 4.69) is 13.8 Å².